The highest BCUT2D eigenvalue weighted by molar-refractivity contribution is 6.04. The number of rotatable bonds is 4. The number of nitrogens with one attached hydrogen (secondary N) is 1. The first-order valence-electron chi connectivity index (χ1n) is 9.47. The lowest BCUT2D eigenvalue weighted by molar-refractivity contribution is 0.0958. The number of aryl methyl sites for hydroxylation is 3. The van der Waals surface area contributed by atoms with Gasteiger partial charge in [-0.05, 0) is 73.7 Å². The zero-order valence-corrected chi connectivity index (χ0v) is 16.7. The number of carbonyl (C=O) groups excluding carboxylic acids is 1. The molecule has 0 saturated heterocycles. The number of benzene rings is 2. The maximum Gasteiger partial charge on any atom is 0.294 e. The number of pyridine rings is 1. The molecule has 2 aromatic heterocycles. The zero-order chi connectivity index (χ0) is 20.5. The van der Waals surface area contributed by atoms with Crippen molar-refractivity contribution in [3.63, 3.8) is 0 Å². The molecule has 1 amide bonds. The van der Waals surface area contributed by atoms with Crippen molar-refractivity contribution >= 4 is 22.5 Å². The van der Waals surface area contributed by atoms with E-state index in [1.54, 1.807) is 17.0 Å². The number of anilines is 1. The van der Waals surface area contributed by atoms with Gasteiger partial charge in [-0.2, -0.15) is 0 Å². The van der Waals surface area contributed by atoms with Gasteiger partial charge in [-0.3, -0.25) is 9.59 Å². The minimum Gasteiger partial charge on any atom is -0.459 e. The van der Waals surface area contributed by atoms with Crippen LogP contribution in [0.15, 0.2) is 70.1 Å². The Morgan fingerprint density at radius 3 is 2.52 bits per heavy atom. The second-order valence-electron chi connectivity index (χ2n) is 7.37. The van der Waals surface area contributed by atoms with Crippen LogP contribution in [0.3, 0.4) is 0 Å². The molecule has 4 aromatic rings. The maximum atomic E-state index is 13.2. The van der Waals surface area contributed by atoms with E-state index in [1.165, 1.54) is 6.26 Å². The number of H-pyrrole nitrogens is 1. The highest BCUT2D eigenvalue weighted by atomic mass is 16.3. The molecule has 146 valence electrons. The van der Waals surface area contributed by atoms with Crippen LogP contribution in [0.1, 0.15) is 32.8 Å². The minimum atomic E-state index is -0.285. The number of nitrogens with zero attached hydrogens (tertiary/aromatic N) is 1. The van der Waals surface area contributed by atoms with Crippen LogP contribution in [0.5, 0.6) is 0 Å². The first-order valence-corrected chi connectivity index (χ1v) is 9.47. The number of furan rings is 1. The van der Waals surface area contributed by atoms with Crippen molar-refractivity contribution in [3.8, 4) is 0 Å². The number of carbonyl (C=O) groups is 1. The smallest absolute Gasteiger partial charge is 0.294 e. The largest absolute Gasteiger partial charge is 0.459 e. The Labute approximate surface area is 168 Å². The molecule has 5 heteroatoms. The van der Waals surface area contributed by atoms with Crippen LogP contribution < -0.4 is 10.5 Å². The van der Waals surface area contributed by atoms with Crippen molar-refractivity contribution in [1.29, 1.82) is 0 Å². The van der Waals surface area contributed by atoms with Crippen LogP contribution in [0.2, 0.25) is 0 Å². The van der Waals surface area contributed by atoms with Gasteiger partial charge in [-0.1, -0.05) is 23.8 Å². The van der Waals surface area contributed by atoms with Crippen molar-refractivity contribution in [2.24, 2.45) is 0 Å². The molecule has 5 nitrogen and oxygen atoms in total. The van der Waals surface area contributed by atoms with Crippen molar-refractivity contribution in [3.05, 3.63) is 99.2 Å². The number of fused-ring (bicyclic) bond motifs is 1. The lowest BCUT2D eigenvalue weighted by Gasteiger charge is -2.24. The van der Waals surface area contributed by atoms with Crippen LogP contribution >= 0.6 is 0 Å². The Morgan fingerprint density at radius 2 is 1.76 bits per heavy atom. The van der Waals surface area contributed by atoms with E-state index in [0.29, 0.717) is 5.56 Å². The molecule has 0 bridgehead atoms. The average molecular weight is 386 g/mol. The van der Waals surface area contributed by atoms with Gasteiger partial charge < -0.3 is 14.3 Å². The normalized spacial score (nSPS) is 11.0. The van der Waals surface area contributed by atoms with E-state index in [1.807, 2.05) is 63.2 Å². The number of aromatic nitrogens is 1. The molecule has 0 unspecified atom stereocenters. The summed E-state index contributed by atoms with van der Waals surface area (Å²) in [6, 6.07) is 17.0. The highest BCUT2D eigenvalue weighted by Gasteiger charge is 2.23. The van der Waals surface area contributed by atoms with E-state index in [4.69, 9.17) is 4.42 Å². The number of aromatic amines is 1. The molecule has 0 aliphatic carbocycles. The van der Waals surface area contributed by atoms with Crippen molar-refractivity contribution in [2.45, 2.75) is 27.3 Å². The van der Waals surface area contributed by atoms with E-state index in [0.717, 1.165) is 33.3 Å². The van der Waals surface area contributed by atoms with Gasteiger partial charge in [-0.25, -0.2) is 0 Å². The Bertz CT molecular complexity index is 1250. The number of hydrogen-bond donors (Lipinski definition) is 1. The van der Waals surface area contributed by atoms with Gasteiger partial charge in [0, 0.05) is 16.8 Å². The monoisotopic (exact) mass is 386 g/mol. The molecule has 2 aromatic carbocycles. The predicted octanol–water partition coefficient (Wildman–Crippen LogP) is 4.89. The zero-order valence-electron chi connectivity index (χ0n) is 16.7. The van der Waals surface area contributed by atoms with Gasteiger partial charge in [0.1, 0.15) is 0 Å². The first kappa shape index (κ1) is 18.7. The fraction of sp³-hybridized carbons (Fsp3) is 0.167. The van der Waals surface area contributed by atoms with E-state index < -0.39 is 0 Å². The van der Waals surface area contributed by atoms with Gasteiger partial charge in [0.15, 0.2) is 5.76 Å². The summed E-state index contributed by atoms with van der Waals surface area (Å²) >= 11 is 0. The number of hydrogen-bond acceptors (Lipinski definition) is 3. The molecular weight excluding hydrogens is 364 g/mol. The van der Waals surface area contributed by atoms with Gasteiger partial charge in [0.2, 0.25) is 0 Å². The Morgan fingerprint density at radius 1 is 1.00 bits per heavy atom. The minimum absolute atomic E-state index is 0.142. The van der Waals surface area contributed by atoms with Crippen LogP contribution in [0.4, 0.5) is 5.69 Å². The van der Waals surface area contributed by atoms with Crippen LogP contribution in [-0.2, 0) is 6.54 Å². The van der Waals surface area contributed by atoms with Crippen molar-refractivity contribution in [1.82, 2.24) is 4.98 Å². The predicted molar refractivity (Wildman–Crippen MR) is 114 cm³/mol. The van der Waals surface area contributed by atoms with Gasteiger partial charge >= 0.3 is 0 Å². The summed E-state index contributed by atoms with van der Waals surface area (Å²) in [7, 11) is 0. The van der Waals surface area contributed by atoms with Crippen LogP contribution in [0, 0.1) is 20.8 Å². The first-order chi connectivity index (χ1) is 13.9. The summed E-state index contributed by atoms with van der Waals surface area (Å²) in [5.41, 5.74) is 4.94. The Hall–Kier alpha value is -3.60. The van der Waals surface area contributed by atoms with Crippen LogP contribution in [-0.4, -0.2) is 10.9 Å². The SMILES string of the molecule is Cc1ccc(C)c(N(Cc2cc3cc(C)ccc3[nH]c2=O)C(=O)c2ccco2)c1. The molecule has 0 radical (unpaired) electrons. The molecule has 29 heavy (non-hydrogen) atoms. The summed E-state index contributed by atoms with van der Waals surface area (Å²) < 4.78 is 5.34. The maximum absolute atomic E-state index is 13.2. The second kappa shape index (κ2) is 7.43. The Kier molecular flexibility index (Phi) is 4.80. The van der Waals surface area contributed by atoms with E-state index in [-0.39, 0.29) is 23.8 Å². The van der Waals surface area contributed by atoms with E-state index in [9.17, 15) is 9.59 Å². The molecule has 0 aliphatic rings. The topological polar surface area (TPSA) is 66.3 Å². The van der Waals surface area contributed by atoms with Crippen molar-refractivity contribution < 1.29 is 9.21 Å². The third kappa shape index (κ3) is 3.72. The molecule has 4 rings (SSSR count). The standard InChI is InChI=1S/C24H22N2O3/c1-15-7-9-20-18(11-15)13-19(23(27)25-20)14-26(24(28)22-5-4-10-29-22)21-12-16(2)6-8-17(21)3/h4-13H,14H2,1-3H3,(H,25,27). The van der Waals surface area contributed by atoms with E-state index >= 15 is 0 Å². The lowest BCUT2D eigenvalue weighted by atomic mass is 10.1. The Balaban J connectivity index is 1.83. The second-order valence-corrected chi connectivity index (χ2v) is 7.37. The van der Waals surface area contributed by atoms with E-state index in [2.05, 4.69) is 4.98 Å². The fourth-order valence-electron chi connectivity index (χ4n) is 3.47. The average Bonchev–Trinajstić information content (AvgIpc) is 3.23. The molecule has 0 atom stereocenters. The van der Waals surface area contributed by atoms with Gasteiger partial charge in [0.05, 0.1) is 12.8 Å². The summed E-state index contributed by atoms with van der Waals surface area (Å²) in [5.74, 6) is -0.0496. The van der Waals surface area contributed by atoms with Gasteiger partial charge in [0.25, 0.3) is 11.5 Å². The summed E-state index contributed by atoms with van der Waals surface area (Å²) in [4.78, 5) is 30.5. The number of amides is 1. The quantitative estimate of drug-likeness (QED) is 0.543. The molecule has 0 fully saturated rings. The summed E-state index contributed by atoms with van der Waals surface area (Å²) in [5, 5.41) is 0.936. The molecule has 0 spiro atoms. The molecular formula is C24H22N2O3. The van der Waals surface area contributed by atoms with Crippen molar-refractivity contribution in [2.75, 3.05) is 4.90 Å². The third-order valence-corrected chi connectivity index (χ3v) is 5.04. The van der Waals surface area contributed by atoms with Crippen LogP contribution in [0.25, 0.3) is 10.9 Å². The van der Waals surface area contributed by atoms with Gasteiger partial charge in [-0.15, -0.1) is 0 Å². The highest BCUT2D eigenvalue weighted by Crippen LogP contribution is 2.26. The molecule has 2 heterocycles. The lowest BCUT2D eigenvalue weighted by Crippen LogP contribution is -2.33. The summed E-state index contributed by atoms with van der Waals surface area (Å²) in [6.45, 7) is 6.07. The molecule has 1 N–H and O–H groups in total. The molecule has 0 saturated carbocycles. The third-order valence-electron chi connectivity index (χ3n) is 5.04. The summed E-state index contributed by atoms with van der Waals surface area (Å²) in [6.07, 6.45) is 1.47. The molecule has 0 aliphatic heterocycles. The fourth-order valence-corrected chi connectivity index (χ4v) is 3.47.